The lowest BCUT2D eigenvalue weighted by Gasteiger charge is -2.18. The fourth-order valence-electron chi connectivity index (χ4n) is 3.04. The molecule has 1 unspecified atom stereocenters. The van der Waals surface area contributed by atoms with E-state index in [2.05, 4.69) is 15.0 Å². The fourth-order valence-corrected chi connectivity index (χ4v) is 5.02. The standard InChI is InChI=1S/C22H25N3O4S2/c1-4-29-20-11-10-15(2)12-19(20)16(3)23-21(26)13-17-14-30-22(24-17)25-31(27,28)18-8-6-5-7-9-18/h5-12,14,16H,4,13H2,1-3H3,(H,23,26)(H,24,25). The van der Waals surface area contributed by atoms with Crippen molar-refractivity contribution in [2.24, 2.45) is 0 Å². The first-order chi connectivity index (χ1) is 14.8. The molecule has 0 aliphatic rings. The summed E-state index contributed by atoms with van der Waals surface area (Å²) >= 11 is 1.14. The van der Waals surface area contributed by atoms with E-state index in [0.717, 1.165) is 28.2 Å². The fraction of sp³-hybridized carbons (Fsp3) is 0.273. The summed E-state index contributed by atoms with van der Waals surface area (Å²) in [5, 5.41) is 4.85. The second-order valence-corrected chi connectivity index (χ2v) is 9.54. The average Bonchev–Trinajstić information content (AvgIpc) is 3.15. The first-order valence-electron chi connectivity index (χ1n) is 9.83. The van der Waals surface area contributed by atoms with Crippen LogP contribution in [0.3, 0.4) is 0 Å². The Morgan fingerprint density at radius 3 is 2.65 bits per heavy atom. The number of anilines is 1. The summed E-state index contributed by atoms with van der Waals surface area (Å²) in [6.07, 6.45) is 0.0453. The van der Waals surface area contributed by atoms with Crippen molar-refractivity contribution in [3.63, 3.8) is 0 Å². The van der Waals surface area contributed by atoms with Gasteiger partial charge in [0.1, 0.15) is 5.75 Å². The highest BCUT2D eigenvalue weighted by Crippen LogP contribution is 2.27. The zero-order valence-electron chi connectivity index (χ0n) is 17.6. The Kier molecular flexibility index (Phi) is 7.29. The number of carbonyl (C=O) groups excluding carboxylic acids is 1. The summed E-state index contributed by atoms with van der Waals surface area (Å²) in [6.45, 7) is 6.34. The molecule has 0 radical (unpaired) electrons. The Hall–Kier alpha value is -2.91. The van der Waals surface area contributed by atoms with E-state index in [1.807, 2.05) is 39.0 Å². The lowest BCUT2D eigenvalue weighted by molar-refractivity contribution is -0.121. The predicted octanol–water partition coefficient (Wildman–Crippen LogP) is 4.07. The van der Waals surface area contributed by atoms with E-state index in [4.69, 9.17) is 4.74 Å². The first-order valence-corrected chi connectivity index (χ1v) is 12.2. The SMILES string of the molecule is CCOc1ccc(C)cc1C(C)NC(=O)Cc1csc(NS(=O)(=O)c2ccccc2)n1. The van der Waals surface area contributed by atoms with Crippen LogP contribution in [-0.2, 0) is 21.2 Å². The van der Waals surface area contributed by atoms with E-state index in [1.165, 1.54) is 12.1 Å². The quantitative estimate of drug-likeness (QED) is 0.503. The van der Waals surface area contributed by atoms with Gasteiger partial charge in [0, 0.05) is 10.9 Å². The van der Waals surface area contributed by atoms with Crippen LogP contribution in [0.4, 0.5) is 5.13 Å². The van der Waals surface area contributed by atoms with Crippen LogP contribution >= 0.6 is 11.3 Å². The Morgan fingerprint density at radius 1 is 1.19 bits per heavy atom. The van der Waals surface area contributed by atoms with Crippen molar-refractivity contribution in [3.8, 4) is 5.75 Å². The van der Waals surface area contributed by atoms with Gasteiger partial charge in [-0.25, -0.2) is 13.4 Å². The zero-order chi connectivity index (χ0) is 22.4. The van der Waals surface area contributed by atoms with Gasteiger partial charge in [-0.3, -0.25) is 9.52 Å². The number of nitrogens with zero attached hydrogens (tertiary/aromatic N) is 1. The summed E-state index contributed by atoms with van der Waals surface area (Å²) in [7, 11) is -3.71. The molecule has 0 saturated carbocycles. The van der Waals surface area contributed by atoms with Gasteiger partial charge in [-0.05, 0) is 39.0 Å². The molecule has 1 aromatic heterocycles. The van der Waals surface area contributed by atoms with Crippen LogP contribution < -0.4 is 14.8 Å². The second-order valence-electron chi connectivity index (χ2n) is 7.00. The third kappa shape index (κ3) is 6.05. The predicted molar refractivity (Wildman–Crippen MR) is 122 cm³/mol. The minimum absolute atomic E-state index is 0.0453. The molecule has 7 nitrogen and oxygen atoms in total. The number of nitrogens with one attached hydrogen (secondary N) is 2. The molecule has 1 atom stereocenters. The molecule has 31 heavy (non-hydrogen) atoms. The van der Waals surface area contributed by atoms with E-state index >= 15 is 0 Å². The zero-order valence-corrected chi connectivity index (χ0v) is 19.2. The van der Waals surface area contributed by atoms with Crippen LogP contribution in [0.15, 0.2) is 58.8 Å². The molecule has 164 valence electrons. The molecule has 9 heteroatoms. The van der Waals surface area contributed by atoms with Crippen LogP contribution in [0, 0.1) is 6.92 Å². The number of amides is 1. The molecule has 1 heterocycles. The summed E-state index contributed by atoms with van der Waals surface area (Å²) < 4.78 is 33.0. The molecular formula is C22H25N3O4S2. The number of aryl methyl sites for hydroxylation is 1. The third-order valence-corrected chi connectivity index (χ3v) is 6.77. The summed E-state index contributed by atoms with van der Waals surface area (Å²) in [6, 6.07) is 13.7. The van der Waals surface area contributed by atoms with E-state index < -0.39 is 10.0 Å². The van der Waals surface area contributed by atoms with Crippen LogP contribution in [0.1, 0.15) is 36.7 Å². The van der Waals surface area contributed by atoms with Crippen molar-refractivity contribution >= 4 is 32.4 Å². The molecule has 2 N–H and O–H groups in total. The molecule has 0 saturated heterocycles. The van der Waals surface area contributed by atoms with Gasteiger partial charge in [0.15, 0.2) is 5.13 Å². The normalized spacial score (nSPS) is 12.2. The lowest BCUT2D eigenvalue weighted by atomic mass is 10.0. The second kappa shape index (κ2) is 9.93. The largest absolute Gasteiger partial charge is 0.494 e. The maximum absolute atomic E-state index is 12.5. The third-order valence-electron chi connectivity index (χ3n) is 4.48. The van der Waals surface area contributed by atoms with Crippen molar-refractivity contribution in [1.29, 1.82) is 0 Å². The van der Waals surface area contributed by atoms with Gasteiger partial charge in [-0.1, -0.05) is 35.9 Å². The monoisotopic (exact) mass is 459 g/mol. The number of rotatable bonds is 9. The van der Waals surface area contributed by atoms with Crippen LogP contribution in [0.2, 0.25) is 0 Å². The van der Waals surface area contributed by atoms with Crippen LogP contribution in [0.25, 0.3) is 0 Å². The number of hydrogen-bond acceptors (Lipinski definition) is 6. The van der Waals surface area contributed by atoms with Crippen molar-refractivity contribution in [3.05, 3.63) is 70.7 Å². The summed E-state index contributed by atoms with van der Waals surface area (Å²) in [5.41, 5.74) is 2.48. The Morgan fingerprint density at radius 2 is 1.94 bits per heavy atom. The Bertz CT molecular complexity index is 1140. The maximum atomic E-state index is 12.5. The molecular weight excluding hydrogens is 434 g/mol. The highest BCUT2D eigenvalue weighted by Gasteiger charge is 2.18. The van der Waals surface area contributed by atoms with E-state index in [1.54, 1.807) is 23.6 Å². The number of aromatic nitrogens is 1. The summed E-state index contributed by atoms with van der Waals surface area (Å²) in [4.78, 5) is 16.9. The molecule has 0 bridgehead atoms. The number of ether oxygens (including phenoxy) is 1. The number of carbonyl (C=O) groups is 1. The van der Waals surface area contributed by atoms with E-state index in [-0.39, 0.29) is 28.4 Å². The van der Waals surface area contributed by atoms with Gasteiger partial charge < -0.3 is 10.1 Å². The number of hydrogen-bond donors (Lipinski definition) is 2. The van der Waals surface area contributed by atoms with Crippen molar-refractivity contribution in [2.75, 3.05) is 11.3 Å². The smallest absolute Gasteiger partial charge is 0.263 e. The number of thiazole rings is 1. The topological polar surface area (TPSA) is 97.4 Å². The number of sulfonamides is 1. The van der Waals surface area contributed by atoms with Crippen LogP contribution in [-0.4, -0.2) is 25.9 Å². The molecule has 1 amide bonds. The van der Waals surface area contributed by atoms with Gasteiger partial charge in [0.2, 0.25) is 5.91 Å². The van der Waals surface area contributed by atoms with E-state index in [9.17, 15) is 13.2 Å². The molecule has 0 spiro atoms. The minimum Gasteiger partial charge on any atom is -0.494 e. The number of benzene rings is 2. The Labute approximate surface area is 186 Å². The molecule has 3 rings (SSSR count). The molecule has 0 aliphatic heterocycles. The molecule has 3 aromatic rings. The van der Waals surface area contributed by atoms with Crippen molar-refractivity contribution < 1.29 is 17.9 Å². The Balaban J connectivity index is 1.63. The minimum atomic E-state index is -3.71. The molecule has 0 aliphatic carbocycles. The molecule has 2 aromatic carbocycles. The highest BCUT2D eigenvalue weighted by atomic mass is 32.2. The van der Waals surface area contributed by atoms with Crippen molar-refractivity contribution in [2.45, 2.75) is 38.1 Å². The van der Waals surface area contributed by atoms with Crippen LogP contribution in [0.5, 0.6) is 5.75 Å². The molecule has 0 fully saturated rings. The van der Waals surface area contributed by atoms with Gasteiger partial charge in [0.25, 0.3) is 10.0 Å². The van der Waals surface area contributed by atoms with E-state index in [0.29, 0.717) is 12.3 Å². The van der Waals surface area contributed by atoms with Crippen molar-refractivity contribution in [1.82, 2.24) is 10.3 Å². The van der Waals surface area contributed by atoms with Gasteiger partial charge in [-0.2, -0.15) is 0 Å². The first kappa shape index (κ1) is 22.8. The highest BCUT2D eigenvalue weighted by molar-refractivity contribution is 7.93. The van der Waals surface area contributed by atoms with Gasteiger partial charge >= 0.3 is 0 Å². The van der Waals surface area contributed by atoms with Gasteiger partial charge in [0.05, 0.1) is 29.7 Å². The summed E-state index contributed by atoms with van der Waals surface area (Å²) in [5.74, 6) is 0.534. The average molecular weight is 460 g/mol. The van der Waals surface area contributed by atoms with Gasteiger partial charge in [-0.15, -0.1) is 11.3 Å². The maximum Gasteiger partial charge on any atom is 0.263 e. The lowest BCUT2D eigenvalue weighted by Crippen LogP contribution is -2.28.